The van der Waals surface area contributed by atoms with Crippen LogP contribution in [0.15, 0.2) is 29.3 Å². The number of H-pyrrole nitrogens is 1. The molecule has 2 N–H and O–H groups in total. The molecule has 0 bridgehead atoms. The highest BCUT2D eigenvalue weighted by Crippen LogP contribution is 2.31. The third-order valence-corrected chi connectivity index (χ3v) is 4.76. The lowest BCUT2D eigenvalue weighted by atomic mass is 10.0. The van der Waals surface area contributed by atoms with Crippen LogP contribution in [0, 0.1) is 19.7 Å². The molecule has 0 spiro atoms. The minimum Gasteiger partial charge on any atom is -0.312 e. The summed E-state index contributed by atoms with van der Waals surface area (Å²) in [5.41, 5.74) is 3.61. The topological polar surface area (TPSA) is 67.6 Å². The second-order valence-electron chi connectivity index (χ2n) is 6.55. The van der Waals surface area contributed by atoms with E-state index in [0.717, 1.165) is 29.9 Å². The summed E-state index contributed by atoms with van der Waals surface area (Å²) in [6.45, 7) is 18.4. The lowest BCUT2D eigenvalue weighted by Crippen LogP contribution is -2.29. The average molecular weight is 432 g/mol. The van der Waals surface area contributed by atoms with Gasteiger partial charge >= 0.3 is 5.69 Å². The van der Waals surface area contributed by atoms with Gasteiger partial charge in [0.1, 0.15) is 11.6 Å². The first kappa shape index (κ1) is 26.4. The van der Waals surface area contributed by atoms with Gasteiger partial charge in [0.15, 0.2) is 0 Å². The van der Waals surface area contributed by atoms with Crippen molar-refractivity contribution in [3.8, 4) is 11.5 Å². The van der Waals surface area contributed by atoms with Crippen molar-refractivity contribution in [1.29, 1.82) is 0 Å². The van der Waals surface area contributed by atoms with Crippen molar-refractivity contribution in [2.24, 2.45) is 0 Å². The first-order valence-electron chi connectivity index (χ1n) is 11.4. The molecular weight excluding hydrogens is 393 g/mol. The zero-order chi connectivity index (χ0) is 23.7. The van der Waals surface area contributed by atoms with Crippen LogP contribution in [0.4, 0.5) is 4.39 Å². The number of aromatic nitrogens is 4. The molecule has 172 valence electrons. The normalized spacial score (nSPS) is 14.2. The molecular formula is C24H38FN5O. The first-order valence-corrected chi connectivity index (χ1v) is 11.4. The average Bonchev–Trinajstić information content (AvgIpc) is 3.39. The third kappa shape index (κ3) is 5.34. The number of nitrogens with zero attached hydrogens (tertiary/aromatic N) is 3. The largest absolute Gasteiger partial charge is 0.331 e. The van der Waals surface area contributed by atoms with Gasteiger partial charge in [-0.1, -0.05) is 41.5 Å². The Bertz CT molecular complexity index is 992. The molecule has 3 heterocycles. The maximum atomic E-state index is 14.1. The standard InChI is InChI=1S/C18H20FN5O.3C2H6/c1-10-8-13(9-11(2)16(10)19)24-17(23-7-6-21-18(23)25)15-12(3)20-5-4-14(15)22-24;3*1-2/h6-9,12,20H,4-5H2,1-3H3,(H,21,25);3*1-2H3/t12-;;;/m0.../s1. The fourth-order valence-corrected chi connectivity index (χ4v) is 3.55. The number of benzene rings is 1. The first-order chi connectivity index (χ1) is 15.0. The van der Waals surface area contributed by atoms with Gasteiger partial charge in [-0.3, -0.25) is 4.57 Å². The lowest BCUT2D eigenvalue weighted by Gasteiger charge is -2.20. The predicted molar refractivity (Wildman–Crippen MR) is 127 cm³/mol. The Morgan fingerprint density at radius 2 is 1.65 bits per heavy atom. The van der Waals surface area contributed by atoms with Gasteiger partial charge < -0.3 is 10.3 Å². The maximum absolute atomic E-state index is 14.1. The van der Waals surface area contributed by atoms with Gasteiger partial charge in [0.2, 0.25) is 0 Å². The number of aryl methyl sites for hydroxylation is 2. The van der Waals surface area contributed by atoms with Crippen molar-refractivity contribution in [3.05, 3.63) is 63.2 Å². The van der Waals surface area contributed by atoms with E-state index in [1.165, 1.54) is 0 Å². The Morgan fingerprint density at radius 1 is 1.06 bits per heavy atom. The highest BCUT2D eigenvalue weighted by Gasteiger charge is 2.28. The summed E-state index contributed by atoms with van der Waals surface area (Å²) >= 11 is 0. The van der Waals surface area contributed by atoms with Gasteiger partial charge in [-0.15, -0.1) is 0 Å². The fraction of sp³-hybridized carbons (Fsp3) is 0.500. The molecule has 31 heavy (non-hydrogen) atoms. The number of rotatable bonds is 2. The van der Waals surface area contributed by atoms with Crippen molar-refractivity contribution < 1.29 is 4.39 Å². The molecule has 1 aliphatic rings. The second-order valence-corrected chi connectivity index (χ2v) is 6.55. The zero-order valence-electron chi connectivity index (χ0n) is 20.4. The number of aromatic amines is 1. The summed E-state index contributed by atoms with van der Waals surface area (Å²) in [7, 11) is 0. The van der Waals surface area contributed by atoms with Gasteiger partial charge in [0, 0.05) is 37.0 Å². The quantitative estimate of drug-likeness (QED) is 0.571. The van der Waals surface area contributed by atoms with Gasteiger partial charge in [-0.25, -0.2) is 13.9 Å². The molecule has 0 fully saturated rings. The van der Waals surface area contributed by atoms with E-state index in [2.05, 4.69) is 17.2 Å². The maximum Gasteiger partial charge on any atom is 0.331 e. The molecule has 1 atom stereocenters. The summed E-state index contributed by atoms with van der Waals surface area (Å²) in [6, 6.07) is 3.61. The Kier molecular flexibility index (Phi) is 10.4. The molecule has 0 aliphatic carbocycles. The number of halogens is 1. The van der Waals surface area contributed by atoms with E-state index in [0.29, 0.717) is 16.9 Å². The highest BCUT2D eigenvalue weighted by molar-refractivity contribution is 5.50. The van der Waals surface area contributed by atoms with Crippen LogP contribution in [-0.2, 0) is 6.42 Å². The molecule has 2 aromatic heterocycles. The van der Waals surface area contributed by atoms with Crippen LogP contribution in [0.25, 0.3) is 11.5 Å². The number of imidazole rings is 1. The molecule has 0 saturated carbocycles. The smallest absolute Gasteiger partial charge is 0.312 e. The van der Waals surface area contributed by atoms with E-state index in [1.54, 1.807) is 47.6 Å². The van der Waals surface area contributed by atoms with E-state index in [4.69, 9.17) is 5.10 Å². The van der Waals surface area contributed by atoms with Crippen molar-refractivity contribution in [3.63, 3.8) is 0 Å². The molecule has 0 radical (unpaired) electrons. The summed E-state index contributed by atoms with van der Waals surface area (Å²) in [5, 5.41) is 8.18. The van der Waals surface area contributed by atoms with Crippen molar-refractivity contribution in [2.75, 3.05) is 6.54 Å². The summed E-state index contributed by atoms with van der Waals surface area (Å²) in [6.07, 6.45) is 4.09. The SMILES string of the molecule is CC.CC.CC.Cc1cc(-n2nc3c(c2-n2cc[nH]c2=O)[C@H](C)NCC3)cc(C)c1F. The third-order valence-electron chi connectivity index (χ3n) is 4.76. The van der Waals surface area contributed by atoms with E-state index in [1.807, 2.05) is 41.5 Å². The van der Waals surface area contributed by atoms with E-state index < -0.39 is 0 Å². The van der Waals surface area contributed by atoms with Crippen molar-refractivity contribution in [2.45, 2.75) is 74.8 Å². The predicted octanol–water partition coefficient (Wildman–Crippen LogP) is 5.39. The lowest BCUT2D eigenvalue weighted by molar-refractivity contribution is 0.536. The van der Waals surface area contributed by atoms with Crippen LogP contribution in [0.1, 0.15) is 76.9 Å². The van der Waals surface area contributed by atoms with E-state index in [-0.39, 0.29) is 17.5 Å². The van der Waals surface area contributed by atoms with Crippen LogP contribution in [-0.4, -0.2) is 25.9 Å². The molecule has 7 heteroatoms. The number of hydrogen-bond donors (Lipinski definition) is 2. The zero-order valence-corrected chi connectivity index (χ0v) is 20.4. The molecule has 1 aromatic carbocycles. The minimum atomic E-state index is -0.225. The van der Waals surface area contributed by atoms with Crippen LogP contribution >= 0.6 is 0 Å². The summed E-state index contributed by atoms with van der Waals surface area (Å²) < 4.78 is 17.4. The Morgan fingerprint density at radius 3 is 2.16 bits per heavy atom. The number of hydrogen-bond acceptors (Lipinski definition) is 3. The molecule has 4 rings (SSSR count). The Hall–Kier alpha value is -2.67. The van der Waals surface area contributed by atoms with Crippen molar-refractivity contribution >= 4 is 0 Å². The van der Waals surface area contributed by atoms with Crippen LogP contribution < -0.4 is 11.0 Å². The van der Waals surface area contributed by atoms with E-state index >= 15 is 0 Å². The molecule has 3 aromatic rings. The van der Waals surface area contributed by atoms with Gasteiger partial charge in [-0.2, -0.15) is 5.10 Å². The van der Waals surface area contributed by atoms with Gasteiger partial charge in [0.05, 0.1) is 11.4 Å². The highest BCUT2D eigenvalue weighted by atomic mass is 19.1. The van der Waals surface area contributed by atoms with E-state index in [9.17, 15) is 9.18 Å². The monoisotopic (exact) mass is 431 g/mol. The Labute approximate surface area is 185 Å². The van der Waals surface area contributed by atoms with Crippen molar-refractivity contribution in [1.82, 2.24) is 24.6 Å². The minimum absolute atomic E-state index is 0.0805. The summed E-state index contributed by atoms with van der Waals surface area (Å²) in [5.74, 6) is 0.488. The molecule has 0 saturated heterocycles. The molecule has 6 nitrogen and oxygen atoms in total. The molecule has 0 unspecified atom stereocenters. The summed E-state index contributed by atoms with van der Waals surface area (Å²) in [4.78, 5) is 14.9. The van der Waals surface area contributed by atoms with Gasteiger partial charge in [-0.05, 0) is 44.0 Å². The Balaban J connectivity index is 0.000000739. The number of fused-ring (bicyclic) bond motifs is 1. The van der Waals surface area contributed by atoms with Crippen LogP contribution in [0.5, 0.6) is 0 Å². The fourth-order valence-electron chi connectivity index (χ4n) is 3.55. The van der Waals surface area contributed by atoms with Crippen LogP contribution in [0.2, 0.25) is 0 Å². The number of nitrogens with one attached hydrogen (secondary N) is 2. The van der Waals surface area contributed by atoms with Gasteiger partial charge in [0.25, 0.3) is 0 Å². The second kappa shape index (κ2) is 12.2. The van der Waals surface area contributed by atoms with Crippen LogP contribution in [0.3, 0.4) is 0 Å². The molecule has 1 aliphatic heterocycles. The molecule has 0 amide bonds.